The van der Waals surface area contributed by atoms with Gasteiger partial charge in [-0.15, -0.1) is 11.3 Å². The van der Waals surface area contributed by atoms with E-state index in [1.165, 1.54) is 17.4 Å². The second kappa shape index (κ2) is 8.78. The SMILES string of the molecule is CCOc1ccc(/C=C/C(=O)Nc2nc(-c3ccc(Br)cc3)cs2)cc1. The number of benzene rings is 2. The number of anilines is 1. The molecule has 26 heavy (non-hydrogen) atoms. The van der Waals surface area contributed by atoms with Gasteiger partial charge in [-0.2, -0.15) is 0 Å². The molecule has 4 nitrogen and oxygen atoms in total. The first kappa shape index (κ1) is 18.4. The van der Waals surface area contributed by atoms with E-state index in [1.54, 1.807) is 6.08 Å². The Morgan fingerprint density at radius 3 is 2.62 bits per heavy atom. The Bertz CT molecular complexity index is 902. The monoisotopic (exact) mass is 428 g/mol. The van der Waals surface area contributed by atoms with Gasteiger partial charge in [0.1, 0.15) is 5.75 Å². The number of aromatic nitrogens is 1. The normalized spacial score (nSPS) is 10.8. The van der Waals surface area contributed by atoms with Crippen LogP contribution in [0.15, 0.2) is 64.5 Å². The van der Waals surface area contributed by atoms with Crippen LogP contribution >= 0.6 is 27.3 Å². The van der Waals surface area contributed by atoms with Crippen molar-refractivity contribution < 1.29 is 9.53 Å². The first-order valence-corrected chi connectivity index (χ1v) is 9.74. The van der Waals surface area contributed by atoms with E-state index in [2.05, 4.69) is 26.2 Å². The standard InChI is InChI=1S/C20H17BrN2O2S/c1-2-25-17-10-3-14(4-11-17)5-12-19(24)23-20-22-18(13-26-20)15-6-8-16(21)9-7-15/h3-13H,2H2,1H3,(H,22,23,24)/b12-5+. The van der Waals surface area contributed by atoms with Gasteiger partial charge in [0.2, 0.25) is 5.91 Å². The van der Waals surface area contributed by atoms with E-state index >= 15 is 0 Å². The van der Waals surface area contributed by atoms with Crippen molar-refractivity contribution in [3.63, 3.8) is 0 Å². The van der Waals surface area contributed by atoms with Gasteiger partial charge in [0.15, 0.2) is 5.13 Å². The maximum atomic E-state index is 12.1. The van der Waals surface area contributed by atoms with E-state index in [4.69, 9.17) is 4.74 Å². The molecule has 0 fully saturated rings. The minimum Gasteiger partial charge on any atom is -0.494 e. The van der Waals surface area contributed by atoms with Gasteiger partial charge in [-0.1, -0.05) is 40.2 Å². The fourth-order valence-electron chi connectivity index (χ4n) is 2.25. The predicted octanol–water partition coefficient (Wildman–Crippen LogP) is 5.62. The number of amides is 1. The van der Waals surface area contributed by atoms with Gasteiger partial charge < -0.3 is 4.74 Å². The minimum absolute atomic E-state index is 0.212. The Morgan fingerprint density at radius 1 is 1.19 bits per heavy atom. The van der Waals surface area contributed by atoms with Gasteiger partial charge in [-0.25, -0.2) is 4.98 Å². The second-order valence-electron chi connectivity index (χ2n) is 5.37. The smallest absolute Gasteiger partial charge is 0.250 e. The van der Waals surface area contributed by atoms with Gasteiger partial charge >= 0.3 is 0 Å². The Labute approximate surface area is 164 Å². The van der Waals surface area contributed by atoms with Crippen molar-refractivity contribution >= 4 is 44.4 Å². The molecule has 0 bridgehead atoms. The zero-order valence-corrected chi connectivity index (χ0v) is 16.5. The molecule has 0 spiro atoms. The highest BCUT2D eigenvalue weighted by molar-refractivity contribution is 9.10. The van der Waals surface area contributed by atoms with Crippen LogP contribution in [0.5, 0.6) is 5.75 Å². The fourth-order valence-corrected chi connectivity index (χ4v) is 3.23. The van der Waals surface area contributed by atoms with E-state index in [0.29, 0.717) is 11.7 Å². The molecule has 0 atom stereocenters. The van der Waals surface area contributed by atoms with Crippen LogP contribution in [0.25, 0.3) is 17.3 Å². The summed E-state index contributed by atoms with van der Waals surface area (Å²) >= 11 is 4.82. The molecule has 0 unspecified atom stereocenters. The van der Waals surface area contributed by atoms with Crippen LogP contribution in [0.2, 0.25) is 0 Å². The zero-order valence-electron chi connectivity index (χ0n) is 14.1. The summed E-state index contributed by atoms with van der Waals surface area (Å²) in [7, 11) is 0. The summed E-state index contributed by atoms with van der Waals surface area (Å²) in [4.78, 5) is 16.5. The third-order valence-corrected chi connectivity index (χ3v) is 4.78. The van der Waals surface area contributed by atoms with Gasteiger partial charge in [0, 0.05) is 21.5 Å². The number of hydrogen-bond acceptors (Lipinski definition) is 4. The number of carbonyl (C=O) groups excluding carboxylic acids is 1. The number of carbonyl (C=O) groups is 1. The van der Waals surface area contributed by atoms with Crippen LogP contribution in [-0.2, 0) is 4.79 Å². The Hall–Kier alpha value is -2.44. The maximum Gasteiger partial charge on any atom is 0.250 e. The van der Waals surface area contributed by atoms with Crippen molar-refractivity contribution in [3.05, 3.63) is 70.0 Å². The Kier molecular flexibility index (Phi) is 6.20. The number of hydrogen-bond donors (Lipinski definition) is 1. The van der Waals surface area contributed by atoms with Gasteiger partial charge in [0.25, 0.3) is 0 Å². The summed E-state index contributed by atoms with van der Waals surface area (Å²) in [5, 5.41) is 5.29. The molecule has 0 radical (unpaired) electrons. The summed E-state index contributed by atoms with van der Waals surface area (Å²) in [6.07, 6.45) is 3.25. The lowest BCUT2D eigenvalue weighted by Crippen LogP contribution is -2.07. The van der Waals surface area contributed by atoms with E-state index in [0.717, 1.165) is 27.0 Å². The number of rotatable bonds is 6. The van der Waals surface area contributed by atoms with Crippen LogP contribution < -0.4 is 10.1 Å². The van der Waals surface area contributed by atoms with Crippen LogP contribution in [0.3, 0.4) is 0 Å². The molecule has 3 aromatic rings. The number of nitrogens with one attached hydrogen (secondary N) is 1. The highest BCUT2D eigenvalue weighted by Crippen LogP contribution is 2.26. The van der Waals surface area contributed by atoms with Gasteiger partial charge in [-0.3, -0.25) is 10.1 Å². The zero-order chi connectivity index (χ0) is 18.4. The van der Waals surface area contributed by atoms with E-state index < -0.39 is 0 Å². The highest BCUT2D eigenvalue weighted by Gasteiger charge is 2.06. The third-order valence-electron chi connectivity index (χ3n) is 3.49. The molecule has 1 heterocycles. The van der Waals surface area contributed by atoms with Crippen LogP contribution in [0, 0.1) is 0 Å². The highest BCUT2D eigenvalue weighted by atomic mass is 79.9. The average molecular weight is 429 g/mol. The predicted molar refractivity (Wildman–Crippen MR) is 111 cm³/mol. The average Bonchev–Trinajstić information content (AvgIpc) is 3.10. The molecule has 0 saturated carbocycles. The number of ether oxygens (including phenoxy) is 1. The molecule has 2 aromatic carbocycles. The topological polar surface area (TPSA) is 51.2 Å². The van der Waals surface area contributed by atoms with E-state index in [9.17, 15) is 4.79 Å². The van der Waals surface area contributed by atoms with E-state index in [-0.39, 0.29) is 5.91 Å². The number of halogens is 1. The molecule has 0 aliphatic carbocycles. The molecule has 1 aromatic heterocycles. The molecule has 1 N–H and O–H groups in total. The quantitative estimate of drug-likeness (QED) is 0.518. The fraction of sp³-hybridized carbons (Fsp3) is 0.100. The van der Waals surface area contributed by atoms with Gasteiger partial charge in [0.05, 0.1) is 12.3 Å². The lowest BCUT2D eigenvalue weighted by Gasteiger charge is -2.02. The van der Waals surface area contributed by atoms with Crippen LogP contribution in [0.4, 0.5) is 5.13 Å². The number of nitrogens with zero attached hydrogens (tertiary/aromatic N) is 1. The maximum absolute atomic E-state index is 12.1. The van der Waals surface area contributed by atoms with Crippen molar-refractivity contribution in [2.75, 3.05) is 11.9 Å². The van der Waals surface area contributed by atoms with Crippen molar-refractivity contribution in [1.82, 2.24) is 4.98 Å². The third kappa shape index (κ3) is 5.03. The molecule has 0 aliphatic heterocycles. The largest absolute Gasteiger partial charge is 0.494 e. The van der Waals surface area contributed by atoms with Crippen molar-refractivity contribution in [1.29, 1.82) is 0 Å². The lowest BCUT2D eigenvalue weighted by molar-refractivity contribution is -0.111. The van der Waals surface area contributed by atoms with Crippen molar-refractivity contribution in [2.24, 2.45) is 0 Å². The molecular formula is C20H17BrN2O2S. The van der Waals surface area contributed by atoms with Gasteiger partial charge in [-0.05, 0) is 42.8 Å². The minimum atomic E-state index is -0.212. The summed E-state index contributed by atoms with van der Waals surface area (Å²) in [5.41, 5.74) is 2.78. The molecular weight excluding hydrogens is 412 g/mol. The molecule has 1 amide bonds. The van der Waals surface area contributed by atoms with Crippen molar-refractivity contribution in [3.8, 4) is 17.0 Å². The molecule has 0 aliphatic rings. The van der Waals surface area contributed by atoms with Crippen LogP contribution in [-0.4, -0.2) is 17.5 Å². The molecule has 0 saturated heterocycles. The summed E-state index contributed by atoms with van der Waals surface area (Å²) < 4.78 is 6.42. The Morgan fingerprint density at radius 2 is 1.92 bits per heavy atom. The first-order chi connectivity index (χ1) is 12.6. The lowest BCUT2D eigenvalue weighted by atomic mass is 10.2. The molecule has 6 heteroatoms. The van der Waals surface area contributed by atoms with Crippen LogP contribution in [0.1, 0.15) is 12.5 Å². The number of thiazole rings is 1. The summed E-state index contributed by atoms with van der Waals surface area (Å²) in [5.74, 6) is 0.605. The van der Waals surface area contributed by atoms with Crippen molar-refractivity contribution in [2.45, 2.75) is 6.92 Å². The Balaban J connectivity index is 1.60. The molecule has 132 valence electrons. The summed E-state index contributed by atoms with van der Waals surface area (Å²) in [6.45, 7) is 2.58. The molecule has 3 rings (SSSR count). The first-order valence-electron chi connectivity index (χ1n) is 8.07. The summed E-state index contributed by atoms with van der Waals surface area (Å²) in [6, 6.07) is 15.5. The second-order valence-corrected chi connectivity index (χ2v) is 7.14. The van der Waals surface area contributed by atoms with E-state index in [1.807, 2.05) is 60.8 Å².